The second-order valence-corrected chi connectivity index (χ2v) is 5.00. The van der Waals surface area contributed by atoms with E-state index in [4.69, 9.17) is 5.26 Å². The van der Waals surface area contributed by atoms with E-state index in [1.807, 2.05) is 0 Å². The van der Waals surface area contributed by atoms with E-state index in [2.05, 4.69) is 20.7 Å². The summed E-state index contributed by atoms with van der Waals surface area (Å²) in [6.45, 7) is 0. The van der Waals surface area contributed by atoms with Crippen LogP contribution < -0.4 is 0 Å². The molecule has 0 aliphatic rings. The molecule has 0 aliphatic heterocycles. The Hall–Kier alpha value is -1.20. The fourth-order valence-electron chi connectivity index (χ4n) is 1.19. The highest BCUT2D eigenvalue weighted by Crippen LogP contribution is 2.40. The summed E-state index contributed by atoms with van der Waals surface area (Å²) in [6, 6.07) is 4.04. The largest absolute Gasteiger partial charge is 0.465 e. The molecule has 1 aromatic carbocycles. The van der Waals surface area contributed by atoms with Crippen LogP contribution in [0.1, 0.15) is 15.9 Å². The standard InChI is InChI=1S/C10H5BrF3NO2S/c1-17-9(16)8-5(4-15)2-6(11)3-7(8)18-10(12,13)14/h2-3H,1H3. The van der Waals surface area contributed by atoms with Crippen LogP contribution in [-0.4, -0.2) is 18.6 Å². The zero-order chi connectivity index (χ0) is 13.9. The van der Waals surface area contributed by atoms with Gasteiger partial charge in [0.15, 0.2) is 0 Å². The second kappa shape index (κ2) is 5.63. The van der Waals surface area contributed by atoms with Gasteiger partial charge in [0.1, 0.15) is 6.07 Å². The maximum absolute atomic E-state index is 12.4. The van der Waals surface area contributed by atoms with Crippen molar-refractivity contribution in [3.8, 4) is 6.07 Å². The van der Waals surface area contributed by atoms with Gasteiger partial charge < -0.3 is 4.74 Å². The first-order valence-electron chi connectivity index (χ1n) is 4.36. The molecule has 0 heterocycles. The van der Waals surface area contributed by atoms with Gasteiger partial charge in [-0.05, 0) is 23.9 Å². The molecule has 3 nitrogen and oxygen atoms in total. The molecule has 1 aromatic rings. The van der Waals surface area contributed by atoms with Crippen molar-refractivity contribution in [2.24, 2.45) is 0 Å². The summed E-state index contributed by atoms with van der Waals surface area (Å²) in [7, 11) is 1.04. The first kappa shape index (κ1) is 14.9. The van der Waals surface area contributed by atoms with Gasteiger partial charge in [0.2, 0.25) is 0 Å². The quantitative estimate of drug-likeness (QED) is 0.608. The van der Waals surface area contributed by atoms with Crippen molar-refractivity contribution in [2.75, 3.05) is 7.11 Å². The van der Waals surface area contributed by atoms with E-state index >= 15 is 0 Å². The van der Waals surface area contributed by atoms with Crippen LogP contribution in [0.2, 0.25) is 0 Å². The molecule has 0 amide bonds. The summed E-state index contributed by atoms with van der Waals surface area (Å²) in [6.07, 6.45) is 0. The van der Waals surface area contributed by atoms with Crippen LogP contribution >= 0.6 is 27.7 Å². The first-order chi connectivity index (χ1) is 8.28. The number of nitrogens with zero attached hydrogens (tertiary/aromatic N) is 1. The smallest absolute Gasteiger partial charge is 0.446 e. The van der Waals surface area contributed by atoms with Crippen molar-refractivity contribution >= 4 is 33.7 Å². The van der Waals surface area contributed by atoms with Gasteiger partial charge in [-0.25, -0.2) is 4.79 Å². The van der Waals surface area contributed by atoms with Crippen molar-refractivity contribution in [3.63, 3.8) is 0 Å². The summed E-state index contributed by atoms with van der Waals surface area (Å²) in [5, 5.41) is 8.84. The average Bonchev–Trinajstić information content (AvgIpc) is 2.25. The zero-order valence-electron chi connectivity index (χ0n) is 8.84. The number of hydrogen-bond acceptors (Lipinski definition) is 4. The predicted molar refractivity (Wildman–Crippen MR) is 62.1 cm³/mol. The maximum Gasteiger partial charge on any atom is 0.446 e. The van der Waals surface area contributed by atoms with Crippen molar-refractivity contribution in [1.82, 2.24) is 0 Å². The highest BCUT2D eigenvalue weighted by Gasteiger charge is 2.33. The van der Waals surface area contributed by atoms with Gasteiger partial charge in [-0.2, -0.15) is 18.4 Å². The molecule has 18 heavy (non-hydrogen) atoms. The molecule has 8 heteroatoms. The monoisotopic (exact) mass is 339 g/mol. The summed E-state index contributed by atoms with van der Waals surface area (Å²) in [4.78, 5) is 11.1. The van der Waals surface area contributed by atoms with Crippen LogP contribution in [0.4, 0.5) is 13.2 Å². The number of esters is 1. The Morgan fingerprint density at radius 1 is 1.50 bits per heavy atom. The second-order valence-electron chi connectivity index (χ2n) is 2.98. The molecule has 0 unspecified atom stereocenters. The number of rotatable bonds is 2. The number of methoxy groups -OCH3 is 1. The molecule has 0 bridgehead atoms. The van der Waals surface area contributed by atoms with Crippen LogP contribution in [0.3, 0.4) is 0 Å². The minimum Gasteiger partial charge on any atom is -0.465 e. The number of halogens is 4. The lowest BCUT2D eigenvalue weighted by Crippen LogP contribution is -2.09. The normalized spacial score (nSPS) is 10.9. The molecule has 0 spiro atoms. The van der Waals surface area contributed by atoms with Gasteiger partial charge in [0, 0.05) is 9.37 Å². The third-order valence-corrected chi connectivity index (χ3v) is 3.03. The number of hydrogen-bond donors (Lipinski definition) is 0. The third kappa shape index (κ3) is 3.65. The number of alkyl halides is 3. The van der Waals surface area contributed by atoms with Crippen LogP contribution in [0, 0.1) is 11.3 Å². The van der Waals surface area contributed by atoms with Gasteiger partial charge >= 0.3 is 11.5 Å². The Morgan fingerprint density at radius 3 is 2.56 bits per heavy atom. The van der Waals surface area contributed by atoms with Gasteiger partial charge in [-0.15, -0.1) is 0 Å². The van der Waals surface area contributed by atoms with E-state index < -0.39 is 23.2 Å². The van der Waals surface area contributed by atoms with E-state index in [0.29, 0.717) is 0 Å². The fourth-order valence-corrected chi connectivity index (χ4v) is 2.53. The lowest BCUT2D eigenvalue weighted by molar-refractivity contribution is -0.0328. The third-order valence-electron chi connectivity index (χ3n) is 1.80. The van der Waals surface area contributed by atoms with E-state index in [-0.39, 0.29) is 20.5 Å². The molecule has 0 aromatic heterocycles. The lowest BCUT2D eigenvalue weighted by Gasteiger charge is -2.11. The van der Waals surface area contributed by atoms with Crippen molar-refractivity contribution in [3.05, 3.63) is 27.7 Å². The first-order valence-corrected chi connectivity index (χ1v) is 5.97. The summed E-state index contributed by atoms with van der Waals surface area (Å²) >= 11 is 2.52. The van der Waals surface area contributed by atoms with E-state index in [9.17, 15) is 18.0 Å². The lowest BCUT2D eigenvalue weighted by atomic mass is 10.1. The molecule has 0 fully saturated rings. The molecule has 0 aliphatic carbocycles. The number of nitriles is 1. The van der Waals surface area contributed by atoms with Crippen LogP contribution in [0.15, 0.2) is 21.5 Å². The average molecular weight is 340 g/mol. The summed E-state index contributed by atoms with van der Waals surface area (Å²) < 4.78 is 41.8. The number of ether oxygens (including phenoxy) is 1. The van der Waals surface area contributed by atoms with Crippen LogP contribution in [0.25, 0.3) is 0 Å². The molecular formula is C10H5BrF3NO2S. The Morgan fingerprint density at radius 2 is 2.11 bits per heavy atom. The molecule has 0 N–H and O–H groups in total. The Labute approximate surface area is 113 Å². The topological polar surface area (TPSA) is 50.1 Å². The minimum atomic E-state index is -4.56. The van der Waals surface area contributed by atoms with E-state index in [0.717, 1.165) is 13.2 Å². The number of benzene rings is 1. The van der Waals surface area contributed by atoms with Gasteiger partial charge in [0.05, 0.1) is 18.2 Å². The van der Waals surface area contributed by atoms with Gasteiger partial charge in [-0.3, -0.25) is 0 Å². The Kier molecular flexibility index (Phi) is 4.65. The molecule has 0 saturated heterocycles. The highest BCUT2D eigenvalue weighted by molar-refractivity contribution is 9.10. The number of carbonyl (C=O) groups excluding carboxylic acids is 1. The molecule has 0 radical (unpaired) electrons. The van der Waals surface area contributed by atoms with Crippen molar-refractivity contribution < 1.29 is 22.7 Å². The van der Waals surface area contributed by atoms with Gasteiger partial charge in [-0.1, -0.05) is 15.9 Å². The molecule has 0 saturated carbocycles. The molecule has 1 rings (SSSR count). The van der Waals surface area contributed by atoms with Gasteiger partial charge in [0.25, 0.3) is 0 Å². The highest BCUT2D eigenvalue weighted by atomic mass is 79.9. The molecular weight excluding hydrogens is 335 g/mol. The predicted octanol–water partition coefficient (Wildman–Crippen LogP) is 3.72. The fraction of sp³-hybridized carbons (Fsp3) is 0.200. The molecule has 96 valence electrons. The van der Waals surface area contributed by atoms with E-state index in [1.165, 1.54) is 6.07 Å². The summed E-state index contributed by atoms with van der Waals surface area (Å²) in [5.74, 6) is -0.981. The Balaban J connectivity index is 3.43. The minimum absolute atomic E-state index is 0.178. The van der Waals surface area contributed by atoms with Crippen LogP contribution in [-0.2, 0) is 4.74 Å². The number of thioether (sulfide) groups is 1. The maximum atomic E-state index is 12.4. The van der Waals surface area contributed by atoms with Crippen molar-refractivity contribution in [2.45, 2.75) is 10.4 Å². The summed E-state index contributed by atoms with van der Waals surface area (Å²) in [5.41, 5.74) is -5.12. The Bertz CT molecular complexity index is 525. The number of carbonyl (C=O) groups is 1. The van der Waals surface area contributed by atoms with E-state index in [1.54, 1.807) is 6.07 Å². The van der Waals surface area contributed by atoms with Crippen molar-refractivity contribution in [1.29, 1.82) is 5.26 Å². The molecule has 0 atom stereocenters. The van der Waals surface area contributed by atoms with Crippen LogP contribution in [0.5, 0.6) is 0 Å². The SMILES string of the molecule is COC(=O)c1c(C#N)cc(Br)cc1SC(F)(F)F. The zero-order valence-corrected chi connectivity index (χ0v) is 11.2.